The number of para-hydroxylation sites is 2. The van der Waals surface area contributed by atoms with Gasteiger partial charge in [0.2, 0.25) is 0 Å². The molecule has 0 aliphatic rings. The van der Waals surface area contributed by atoms with E-state index in [1.54, 1.807) is 0 Å². The topological polar surface area (TPSA) is 13.1 Å². The largest absolute Gasteiger partial charge is 0.455 e. The van der Waals surface area contributed by atoms with Crippen LogP contribution >= 0.6 is 0 Å². The number of fused-ring (bicyclic) bond motifs is 6. The molecule has 182 valence electrons. The average molecular weight is 497 g/mol. The summed E-state index contributed by atoms with van der Waals surface area (Å²) >= 11 is 0. The van der Waals surface area contributed by atoms with Crippen LogP contribution in [0.15, 0.2) is 150 Å². The van der Waals surface area contributed by atoms with Crippen LogP contribution in [0.25, 0.3) is 76.9 Å². The van der Waals surface area contributed by atoms with E-state index in [0.717, 1.165) is 27.5 Å². The van der Waals surface area contributed by atoms with Crippen LogP contribution in [-0.2, 0) is 0 Å². The van der Waals surface area contributed by atoms with E-state index < -0.39 is 0 Å². The van der Waals surface area contributed by atoms with Crippen LogP contribution in [-0.4, -0.2) is 0 Å². The van der Waals surface area contributed by atoms with Crippen molar-refractivity contribution >= 4 is 43.5 Å². The van der Waals surface area contributed by atoms with Crippen LogP contribution in [0.4, 0.5) is 0 Å². The molecule has 0 aliphatic heterocycles. The lowest BCUT2D eigenvalue weighted by atomic mass is 9.86. The zero-order valence-corrected chi connectivity index (χ0v) is 21.3. The van der Waals surface area contributed by atoms with Crippen molar-refractivity contribution in [2.75, 3.05) is 0 Å². The van der Waals surface area contributed by atoms with Gasteiger partial charge < -0.3 is 4.42 Å². The quantitative estimate of drug-likeness (QED) is 0.222. The maximum absolute atomic E-state index is 6.45. The van der Waals surface area contributed by atoms with Crippen molar-refractivity contribution in [3.05, 3.63) is 146 Å². The highest BCUT2D eigenvalue weighted by Crippen LogP contribution is 2.44. The van der Waals surface area contributed by atoms with Gasteiger partial charge in [0.15, 0.2) is 0 Å². The standard InChI is InChI=1S/C38H24O/c1-2-13-26-25(12-1)24-36(31-18-7-3-14-27(26)31)32-19-8-5-16-29(32)28-15-4-6-17-30(28)34-21-11-22-35-33-20-9-10-23-37(33)39-38(34)35/h1-24H. The number of hydrogen-bond acceptors (Lipinski definition) is 1. The van der Waals surface area contributed by atoms with Crippen LogP contribution in [0.2, 0.25) is 0 Å². The molecule has 0 saturated carbocycles. The maximum Gasteiger partial charge on any atom is 0.143 e. The van der Waals surface area contributed by atoms with Gasteiger partial charge in [0, 0.05) is 16.3 Å². The van der Waals surface area contributed by atoms with Gasteiger partial charge in [-0.1, -0.05) is 133 Å². The van der Waals surface area contributed by atoms with Crippen LogP contribution in [0.1, 0.15) is 0 Å². The molecule has 1 heteroatoms. The zero-order chi connectivity index (χ0) is 25.8. The molecule has 0 N–H and O–H groups in total. The van der Waals surface area contributed by atoms with Gasteiger partial charge in [-0.05, 0) is 61.5 Å². The van der Waals surface area contributed by atoms with Crippen molar-refractivity contribution in [3.63, 3.8) is 0 Å². The van der Waals surface area contributed by atoms with Gasteiger partial charge in [-0.3, -0.25) is 0 Å². The minimum atomic E-state index is 0.917. The Bertz CT molecular complexity index is 2180. The summed E-state index contributed by atoms with van der Waals surface area (Å²) in [5.41, 5.74) is 9.00. The smallest absolute Gasteiger partial charge is 0.143 e. The number of rotatable bonds is 3. The Hall–Kier alpha value is -5.14. The maximum atomic E-state index is 6.45. The van der Waals surface area contributed by atoms with E-state index in [4.69, 9.17) is 4.42 Å². The molecule has 0 saturated heterocycles. The fraction of sp³-hybridized carbons (Fsp3) is 0. The van der Waals surface area contributed by atoms with Crippen LogP contribution in [0.5, 0.6) is 0 Å². The van der Waals surface area contributed by atoms with Crippen molar-refractivity contribution in [1.29, 1.82) is 0 Å². The molecule has 1 aromatic heterocycles. The summed E-state index contributed by atoms with van der Waals surface area (Å²) < 4.78 is 6.45. The second-order valence-electron chi connectivity index (χ2n) is 10.1. The van der Waals surface area contributed by atoms with E-state index in [2.05, 4.69) is 133 Å². The first-order valence-corrected chi connectivity index (χ1v) is 13.4. The van der Waals surface area contributed by atoms with Crippen LogP contribution in [0.3, 0.4) is 0 Å². The lowest BCUT2D eigenvalue weighted by molar-refractivity contribution is 0.670. The molecule has 0 bridgehead atoms. The summed E-state index contributed by atoms with van der Waals surface area (Å²) in [7, 11) is 0. The Morgan fingerprint density at radius 1 is 0.308 bits per heavy atom. The molecule has 0 fully saturated rings. The monoisotopic (exact) mass is 496 g/mol. The number of benzene rings is 7. The van der Waals surface area contributed by atoms with E-state index in [9.17, 15) is 0 Å². The summed E-state index contributed by atoms with van der Waals surface area (Å²) in [4.78, 5) is 0. The van der Waals surface area contributed by atoms with Crippen molar-refractivity contribution in [2.24, 2.45) is 0 Å². The molecular formula is C38H24O. The van der Waals surface area contributed by atoms with Gasteiger partial charge in [-0.2, -0.15) is 0 Å². The van der Waals surface area contributed by atoms with Gasteiger partial charge in [-0.25, -0.2) is 0 Å². The molecule has 39 heavy (non-hydrogen) atoms. The third-order valence-electron chi connectivity index (χ3n) is 7.90. The first kappa shape index (κ1) is 21.9. The van der Waals surface area contributed by atoms with Gasteiger partial charge in [0.05, 0.1) is 0 Å². The van der Waals surface area contributed by atoms with Crippen LogP contribution in [0, 0.1) is 0 Å². The Labute approximate surface area is 226 Å². The molecule has 0 radical (unpaired) electrons. The van der Waals surface area contributed by atoms with E-state index in [1.807, 2.05) is 12.1 Å². The molecule has 0 amide bonds. The Balaban J connectivity index is 1.41. The molecule has 1 heterocycles. The minimum Gasteiger partial charge on any atom is -0.455 e. The summed E-state index contributed by atoms with van der Waals surface area (Å²) in [5.74, 6) is 0. The van der Waals surface area contributed by atoms with E-state index in [-0.39, 0.29) is 0 Å². The fourth-order valence-corrected chi connectivity index (χ4v) is 6.14. The lowest BCUT2D eigenvalue weighted by Crippen LogP contribution is -1.91. The van der Waals surface area contributed by atoms with Gasteiger partial charge in [-0.15, -0.1) is 0 Å². The van der Waals surface area contributed by atoms with Crippen molar-refractivity contribution in [3.8, 4) is 33.4 Å². The Morgan fingerprint density at radius 3 is 1.54 bits per heavy atom. The highest BCUT2D eigenvalue weighted by Gasteiger charge is 2.18. The predicted molar refractivity (Wildman–Crippen MR) is 165 cm³/mol. The first-order valence-electron chi connectivity index (χ1n) is 13.4. The predicted octanol–water partition coefficient (Wildman–Crippen LogP) is 10.9. The molecule has 7 aromatic carbocycles. The fourth-order valence-electron chi connectivity index (χ4n) is 6.14. The summed E-state index contributed by atoms with van der Waals surface area (Å²) in [6.45, 7) is 0. The second kappa shape index (κ2) is 8.72. The third-order valence-corrected chi connectivity index (χ3v) is 7.90. The summed E-state index contributed by atoms with van der Waals surface area (Å²) in [6.07, 6.45) is 0. The van der Waals surface area contributed by atoms with Crippen LogP contribution < -0.4 is 0 Å². The molecule has 1 nitrogen and oxygen atoms in total. The number of hydrogen-bond donors (Lipinski definition) is 0. The van der Waals surface area contributed by atoms with Crippen molar-refractivity contribution in [1.82, 2.24) is 0 Å². The molecule has 8 rings (SSSR count). The minimum absolute atomic E-state index is 0.917. The van der Waals surface area contributed by atoms with Gasteiger partial charge in [0.1, 0.15) is 11.2 Å². The van der Waals surface area contributed by atoms with Gasteiger partial charge >= 0.3 is 0 Å². The molecular weight excluding hydrogens is 472 g/mol. The highest BCUT2D eigenvalue weighted by molar-refractivity contribution is 6.15. The third kappa shape index (κ3) is 3.41. The summed E-state index contributed by atoms with van der Waals surface area (Å²) in [5, 5.41) is 7.37. The molecule has 0 spiro atoms. The highest BCUT2D eigenvalue weighted by atomic mass is 16.3. The second-order valence-corrected chi connectivity index (χ2v) is 10.1. The molecule has 0 aliphatic carbocycles. The van der Waals surface area contributed by atoms with Gasteiger partial charge in [0.25, 0.3) is 0 Å². The van der Waals surface area contributed by atoms with Crippen molar-refractivity contribution in [2.45, 2.75) is 0 Å². The Morgan fingerprint density at radius 2 is 0.795 bits per heavy atom. The van der Waals surface area contributed by atoms with Crippen molar-refractivity contribution < 1.29 is 4.42 Å². The normalized spacial score (nSPS) is 11.6. The van der Waals surface area contributed by atoms with E-state index >= 15 is 0 Å². The summed E-state index contributed by atoms with van der Waals surface area (Å²) in [6, 6.07) is 52.0. The van der Waals surface area contributed by atoms with E-state index in [0.29, 0.717) is 0 Å². The Kier molecular flexibility index (Phi) is 4.89. The average Bonchev–Trinajstić information content (AvgIpc) is 3.40. The van der Waals surface area contributed by atoms with E-state index in [1.165, 1.54) is 49.4 Å². The molecule has 0 unspecified atom stereocenters. The first-order chi connectivity index (χ1) is 19.4. The zero-order valence-electron chi connectivity index (χ0n) is 21.3. The molecule has 0 atom stereocenters. The number of furan rings is 1. The lowest BCUT2D eigenvalue weighted by Gasteiger charge is -2.17. The molecule has 8 aromatic rings. The SMILES string of the molecule is c1ccc(-c2cc3ccccc3c3ccccc23)c(-c2ccccc2-c2cccc3c2oc2ccccc23)c1.